The first-order valence-corrected chi connectivity index (χ1v) is 11.6. The van der Waals surface area contributed by atoms with Crippen molar-refractivity contribution in [1.29, 1.82) is 0 Å². The van der Waals surface area contributed by atoms with Crippen LogP contribution < -0.4 is 10.6 Å². The van der Waals surface area contributed by atoms with Gasteiger partial charge in [-0.05, 0) is 55.5 Å². The zero-order valence-corrected chi connectivity index (χ0v) is 18.4. The van der Waals surface area contributed by atoms with E-state index in [-0.39, 0.29) is 23.8 Å². The van der Waals surface area contributed by atoms with Crippen LogP contribution in [0.3, 0.4) is 0 Å². The van der Waals surface area contributed by atoms with Crippen LogP contribution in [-0.2, 0) is 4.79 Å². The lowest BCUT2D eigenvalue weighted by Crippen LogP contribution is -2.28. The number of anilines is 1. The van der Waals surface area contributed by atoms with Gasteiger partial charge in [-0.25, -0.2) is 0 Å². The van der Waals surface area contributed by atoms with E-state index in [1.54, 1.807) is 23.5 Å². The van der Waals surface area contributed by atoms with Gasteiger partial charge in [-0.15, -0.1) is 21.5 Å². The summed E-state index contributed by atoms with van der Waals surface area (Å²) in [5, 5.41) is 16.5. The molecular formula is C24H23N5O2S. The van der Waals surface area contributed by atoms with E-state index in [9.17, 15) is 9.59 Å². The third-order valence-corrected chi connectivity index (χ3v) is 6.92. The number of rotatable bonds is 6. The van der Waals surface area contributed by atoms with Crippen molar-refractivity contribution in [2.24, 2.45) is 5.92 Å². The number of nitrogens with zero attached hydrogens (tertiary/aromatic N) is 3. The van der Waals surface area contributed by atoms with Gasteiger partial charge in [0.05, 0.1) is 11.7 Å². The van der Waals surface area contributed by atoms with Crippen LogP contribution >= 0.6 is 11.3 Å². The molecule has 5 rings (SSSR count). The smallest absolute Gasteiger partial charge is 0.251 e. The number of amides is 2. The molecule has 1 atom stereocenters. The molecule has 0 radical (unpaired) electrons. The Labute approximate surface area is 189 Å². The topological polar surface area (TPSA) is 88.4 Å². The molecule has 7 nitrogen and oxygen atoms in total. The third kappa shape index (κ3) is 4.01. The van der Waals surface area contributed by atoms with Crippen LogP contribution in [0.5, 0.6) is 0 Å². The number of pyridine rings is 1. The number of thiophene rings is 1. The molecule has 4 aromatic rings. The van der Waals surface area contributed by atoms with Gasteiger partial charge in [0.15, 0.2) is 11.5 Å². The largest absolute Gasteiger partial charge is 0.345 e. The van der Waals surface area contributed by atoms with E-state index in [0.29, 0.717) is 22.7 Å². The van der Waals surface area contributed by atoms with Crippen LogP contribution in [-0.4, -0.2) is 26.4 Å². The van der Waals surface area contributed by atoms with Crippen molar-refractivity contribution in [3.8, 4) is 11.4 Å². The number of hydrogen-bond donors (Lipinski definition) is 2. The molecule has 2 N–H and O–H groups in total. The Morgan fingerprint density at radius 1 is 1.09 bits per heavy atom. The normalized spacial score (nSPS) is 14.7. The Morgan fingerprint density at radius 2 is 1.91 bits per heavy atom. The maximum atomic E-state index is 12.6. The molecular weight excluding hydrogens is 422 g/mol. The Hall–Kier alpha value is -3.52. The Morgan fingerprint density at radius 3 is 2.59 bits per heavy atom. The summed E-state index contributed by atoms with van der Waals surface area (Å²) >= 11 is 1.62. The third-order valence-electron chi connectivity index (χ3n) is 5.87. The molecule has 0 saturated heterocycles. The zero-order chi connectivity index (χ0) is 22.1. The Bertz CT molecular complexity index is 1260. The molecule has 3 heterocycles. The van der Waals surface area contributed by atoms with Crippen LogP contribution in [0.1, 0.15) is 47.5 Å². The van der Waals surface area contributed by atoms with E-state index < -0.39 is 0 Å². The number of hydrogen-bond acceptors (Lipinski definition) is 5. The quantitative estimate of drug-likeness (QED) is 0.451. The summed E-state index contributed by atoms with van der Waals surface area (Å²) in [6.07, 6.45) is 4.87. The fourth-order valence-electron chi connectivity index (χ4n) is 3.74. The fourth-order valence-corrected chi connectivity index (χ4v) is 4.47. The summed E-state index contributed by atoms with van der Waals surface area (Å²) in [6.45, 7) is 1.97. The van der Waals surface area contributed by atoms with Crippen molar-refractivity contribution < 1.29 is 9.59 Å². The van der Waals surface area contributed by atoms with Gasteiger partial charge in [-0.1, -0.05) is 24.6 Å². The van der Waals surface area contributed by atoms with Crippen molar-refractivity contribution in [3.05, 3.63) is 70.5 Å². The van der Waals surface area contributed by atoms with E-state index >= 15 is 0 Å². The van der Waals surface area contributed by atoms with Gasteiger partial charge in [-0.2, -0.15) is 0 Å². The van der Waals surface area contributed by atoms with Gasteiger partial charge in [0.1, 0.15) is 0 Å². The summed E-state index contributed by atoms with van der Waals surface area (Å²) in [5.41, 5.74) is 2.82. The van der Waals surface area contributed by atoms with Gasteiger partial charge in [0, 0.05) is 28.1 Å². The number of carbonyl (C=O) groups excluding carboxylic acids is 2. The fraction of sp³-hybridized carbons (Fsp3) is 0.250. The first-order chi connectivity index (χ1) is 15.6. The van der Waals surface area contributed by atoms with Gasteiger partial charge in [0.25, 0.3) is 5.91 Å². The number of aromatic nitrogens is 3. The summed E-state index contributed by atoms with van der Waals surface area (Å²) in [5.74, 6) is 0.716. The minimum Gasteiger partial charge on any atom is -0.345 e. The standard InChI is InChI=1S/C24H23N5O2S/c1-15(20-6-3-13-32-20)25-23(30)18-9-7-16(8-10-18)22-28-27-21-12-11-19(14-29(21)22)26-24(31)17-4-2-5-17/h3,6-15,17H,2,4-5H2,1H3,(H,25,30)(H,26,31)/t15-/m1/s1. The van der Waals surface area contributed by atoms with Gasteiger partial charge in [-0.3, -0.25) is 14.0 Å². The van der Waals surface area contributed by atoms with E-state index in [0.717, 1.165) is 29.7 Å². The van der Waals surface area contributed by atoms with Crippen molar-refractivity contribution in [1.82, 2.24) is 19.9 Å². The number of fused-ring (bicyclic) bond motifs is 1. The average molecular weight is 446 g/mol. The summed E-state index contributed by atoms with van der Waals surface area (Å²) < 4.78 is 1.85. The number of carbonyl (C=O) groups is 2. The second-order valence-electron chi connectivity index (χ2n) is 8.07. The molecule has 0 unspecified atom stereocenters. The van der Waals surface area contributed by atoms with Crippen molar-refractivity contribution in [2.75, 3.05) is 5.32 Å². The molecule has 1 saturated carbocycles. The highest BCUT2D eigenvalue weighted by atomic mass is 32.1. The SMILES string of the molecule is C[C@@H](NC(=O)c1ccc(-c2nnc3ccc(NC(=O)C4CCC4)cn23)cc1)c1cccs1. The lowest BCUT2D eigenvalue weighted by atomic mass is 9.85. The van der Waals surface area contributed by atoms with Crippen LogP contribution in [0.4, 0.5) is 5.69 Å². The second kappa shape index (κ2) is 8.55. The Kier molecular flexibility index (Phi) is 5.45. The van der Waals surface area contributed by atoms with Crippen molar-refractivity contribution in [3.63, 3.8) is 0 Å². The van der Waals surface area contributed by atoms with E-state index in [1.807, 2.05) is 59.3 Å². The van der Waals surface area contributed by atoms with Crippen molar-refractivity contribution in [2.45, 2.75) is 32.2 Å². The minimum atomic E-state index is -0.121. The molecule has 3 aromatic heterocycles. The van der Waals surface area contributed by atoms with Gasteiger partial charge in [0.2, 0.25) is 5.91 Å². The molecule has 2 amide bonds. The predicted octanol–water partition coefficient (Wildman–Crippen LogP) is 4.69. The van der Waals surface area contributed by atoms with Crippen LogP contribution in [0.15, 0.2) is 60.1 Å². The molecule has 8 heteroatoms. The highest BCUT2D eigenvalue weighted by Gasteiger charge is 2.25. The molecule has 0 spiro atoms. The van der Waals surface area contributed by atoms with Crippen LogP contribution in [0.2, 0.25) is 0 Å². The molecule has 1 aliphatic rings. The maximum absolute atomic E-state index is 12.6. The number of benzene rings is 1. The van der Waals surface area contributed by atoms with Gasteiger partial charge < -0.3 is 10.6 Å². The molecule has 1 aromatic carbocycles. The van der Waals surface area contributed by atoms with E-state index in [2.05, 4.69) is 20.8 Å². The number of nitrogens with one attached hydrogen (secondary N) is 2. The summed E-state index contributed by atoms with van der Waals surface area (Å²) in [4.78, 5) is 26.0. The molecule has 1 fully saturated rings. The highest BCUT2D eigenvalue weighted by molar-refractivity contribution is 7.10. The molecule has 32 heavy (non-hydrogen) atoms. The lowest BCUT2D eigenvalue weighted by molar-refractivity contribution is -0.122. The first-order valence-electron chi connectivity index (χ1n) is 10.7. The molecule has 0 bridgehead atoms. The summed E-state index contributed by atoms with van der Waals surface area (Å²) in [7, 11) is 0. The van der Waals surface area contributed by atoms with E-state index in [1.165, 1.54) is 0 Å². The molecule has 0 aliphatic heterocycles. The van der Waals surface area contributed by atoms with Crippen LogP contribution in [0.25, 0.3) is 17.0 Å². The lowest BCUT2D eigenvalue weighted by Gasteiger charge is -2.24. The van der Waals surface area contributed by atoms with Crippen molar-refractivity contribution >= 4 is 34.5 Å². The second-order valence-corrected chi connectivity index (χ2v) is 9.05. The molecule has 162 valence electrons. The molecule has 1 aliphatic carbocycles. The average Bonchev–Trinajstić information content (AvgIpc) is 3.42. The Balaban J connectivity index is 1.34. The predicted molar refractivity (Wildman–Crippen MR) is 125 cm³/mol. The van der Waals surface area contributed by atoms with Crippen LogP contribution in [0, 0.1) is 5.92 Å². The zero-order valence-electron chi connectivity index (χ0n) is 17.6. The monoisotopic (exact) mass is 445 g/mol. The maximum Gasteiger partial charge on any atom is 0.251 e. The minimum absolute atomic E-state index is 0.0452. The van der Waals surface area contributed by atoms with E-state index in [4.69, 9.17) is 0 Å². The van der Waals surface area contributed by atoms with Gasteiger partial charge >= 0.3 is 0 Å². The summed E-state index contributed by atoms with van der Waals surface area (Å²) in [6, 6.07) is 14.9. The highest BCUT2D eigenvalue weighted by Crippen LogP contribution is 2.28. The first kappa shape index (κ1) is 20.4.